The van der Waals surface area contributed by atoms with Crippen molar-refractivity contribution in [2.24, 2.45) is 40.4 Å². The average Bonchev–Trinajstić information content (AvgIpc) is 3.05. The predicted molar refractivity (Wildman–Crippen MR) is 124 cm³/mol. The number of Topliss-reactive ketones (excluding diaryl/α,β-unsaturated/α-hetero) is 1. The van der Waals surface area contributed by atoms with Crippen LogP contribution in [0.3, 0.4) is 0 Å². The molecule has 3 saturated carbocycles. The largest absolute Gasteiger partial charge is 0.462 e. The van der Waals surface area contributed by atoms with Gasteiger partial charge >= 0.3 is 5.97 Å². The molecule has 31 heavy (non-hydrogen) atoms. The van der Waals surface area contributed by atoms with Gasteiger partial charge in [0.1, 0.15) is 11.9 Å². The normalized spacial score (nSPS) is 42.6. The maximum atomic E-state index is 11.5. The van der Waals surface area contributed by atoms with Gasteiger partial charge in [0, 0.05) is 19.8 Å². The van der Waals surface area contributed by atoms with Crippen LogP contribution in [-0.2, 0) is 14.3 Å². The maximum absolute atomic E-state index is 11.5. The van der Waals surface area contributed by atoms with Crippen molar-refractivity contribution in [1.82, 2.24) is 0 Å². The molecule has 4 aliphatic carbocycles. The Morgan fingerprint density at radius 2 is 1.87 bits per heavy atom. The van der Waals surface area contributed by atoms with E-state index in [1.54, 1.807) is 19.4 Å². The first-order valence-corrected chi connectivity index (χ1v) is 13.0. The van der Waals surface area contributed by atoms with Crippen molar-refractivity contribution >= 4 is 11.8 Å². The molecule has 0 aliphatic heterocycles. The number of carbonyl (C=O) groups excluding carboxylic acids is 2. The quantitative estimate of drug-likeness (QED) is 0.342. The summed E-state index contributed by atoms with van der Waals surface area (Å²) in [6.45, 7) is 10.9. The van der Waals surface area contributed by atoms with Crippen LogP contribution < -0.4 is 0 Å². The van der Waals surface area contributed by atoms with Gasteiger partial charge < -0.3 is 9.53 Å². The first-order chi connectivity index (χ1) is 14.6. The van der Waals surface area contributed by atoms with Crippen molar-refractivity contribution in [2.45, 2.75) is 111 Å². The molecule has 3 fully saturated rings. The number of hydrogen-bond donors (Lipinski definition) is 0. The Bertz CT molecular complexity index is 739. The summed E-state index contributed by atoms with van der Waals surface area (Å²) in [6.07, 6.45) is 15.6. The van der Waals surface area contributed by atoms with Crippen LogP contribution in [0.25, 0.3) is 0 Å². The Hall–Kier alpha value is -1.12. The van der Waals surface area contributed by atoms with Gasteiger partial charge in [0.2, 0.25) is 0 Å². The second-order valence-electron chi connectivity index (χ2n) is 12.0. The van der Waals surface area contributed by atoms with Crippen LogP contribution in [0.4, 0.5) is 0 Å². The molecule has 4 aliphatic rings. The standard InChI is InChI=1S/C28H44O3/c1-18(7-6-8-19(2)29)24-11-12-25-23-10-9-21-17-22(31-20(3)30)13-15-27(21,4)26(23)14-16-28(24,25)5/h9,18,22-26H,6-8,10-17H2,1-5H3/t18-,22+,23-,24+,25+,26-,27+,28-/m1/s1. The Morgan fingerprint density at radius 1 is 1.10 bits per heavy atom. The second-order valence-corrected chi connectivity index (χ2v) is 12.0. The highest BCUT2D eigenvalue weighted by Crippen LogP contribution is 2.67. The molecule has 0 radical (unpaired) electrons. The number of esters is 1. The minimum atomic E-state index is -0.134. The first kappa shape index (κ1) is 23.1. The van der Waals surface area contributed by atoms with Crippen molar-refractivity contribution in [2.75, 3.05) is 0 Å². The van der Waals surface area contributed by atoms with Crippen molar-refractivity contribution in [3.63, 3.8) is 0 Å². The Labute approximate surface area is 189 Å². The van der Waals surface area contributed by atoms with E-state index in [1.165, 1.54) is 44.9 Å². The smallest absolute Gasteiger partial charge is 0.302 e. The van der Waals surface area contributed by atoms with Gasteiger partial charge in [0.25, 0.3) is 0 Å². The highest BCUT2D eigenvalue weighted by Gasteiger charge is 2.59. The molecular formula is C28H44O3. The lowest BCUT2D eigenvalue weighted by atomic mass is 9.47. The summed E-state index contributed by atoms with van der Waals surface area (Å²) in [5, 5.41) is 0. The third-order valence-electron chi connectivity index (χ3n) is 10.3. The predicted octanol–water partition coefficient (Wildman–Crippen LogP) is 6.89. The average molecular weight is 429 g/mol. The van der Waals surface area contributed by atoms with E-state index in [1.807, 2.05) is 0 Å². The molecular weight excluding hydrogens is 384 g/mol. The monoisotopic (exact) mass is 428 g/mol. The molecule has 4 rings (SSSR count). The fourth-order valence-corrected chi connectivity index (χ4v) is 8.81. The summed E-state index contributed by atoms with van der Waals surface area (Å²) < 4.78 is 5.59. The summed E-state index contributed by atoms with van der Waals surface area (Å²) in [5.41, 5.74) is 2.38. The number of hydrogen-bond acceptors (Lipinski definition) is 3. The van der Waals surface area contributed by atoms with Crippen LogP contribution in [0.5, 0.6) is 0 Å². The Balaban J connectivity index is 1.47. The molecule has 0 saturated heterocycles. The van der Waals surface area contributed by atoms with E-state index in [4.69, 9.17) is 4.74 Å². The van der Waals surface area contributed by atoms with Gasteiger partial charge in [0.15, 0.2) is 0 Å². The molecule has 0 aromatic carbocycles. The molecule has 0 aromatic heterocycles. The number of ether oxygens (including phenoxy) is 1. The number of carbonyl (C=O) groups is 2. The molecule has 3 heteroatoms. The zero-order valence-electron chi connectivity index (χ0n) is 20.5. The van der Waals surface area contributed by atoms with Gasteiger partial charge in [-0.2, -0.15) is 0 Å². The lowest BCUT2D eigenvalue weighted by molar-refractivity contribution is -0.148. The zero-order chi connectivity index (χ0) is 22.4. The molecule has 0 amide bonds. The second kappa shape index (κ2) is 8.67. The number of allylic oxidation sites excluding steroid dienone is 1. The molecule has 0 spiro atoms. The summed E-state index contributed by atoms with van der Waals surface area (Å²) in [4.78, 5) is 22.8. The number of fused-ring (bicyclic) bond motifs is 5. The molecule has 174 valence electrons. The minimum Gasteiger partial charge on any atom is -0.462 e. The lowest BCUT2D eigenvalue weighted by Crippen LogP contribution is -2.51. The van der Waals surface area contributed by atoms with Gasteiger partial charge in [-0.05, 0) is 98.7 Å². The molecule has 0 N–H and O–H groups in total. The Morgan fingerprint density at radius 3 is 2.58 bits per heavy atom. The molecule has 3 nitrogen and oxygen atoms in total. The Kier molecular flexibility index (Phi) is 6.45. The van der Waals surface area contributed by atoms with Crippen molar-refractivity contribution in [1.29, 1.82) is 0 Å². The highest BCUT2D eigenvalue weighted by molar-refractivity contribution is 5.75. The summed E-state index contributed by atoms with van der Waals surface area (Å²) in [7, 11) is 0. The molecule has 0 heterocycles. The fourth-order valence-electron chi connectivity index (χ4n) is 8.81. The topological polar surface area (TPSA) is 43.4 Å². The van der Waals surface area contributed by atoms with E-state index >= 15 is 0 Å². The summed E-state index contributed by atoms with van der Waals surface area (Å²) >= 11 is 0. The van der Waals surface area contributed by atoms with Crippen LogP contribution in [0.15, 0.2) is 11.6 Å². The van der Waals surface area contributed by atoms with Crippen molar-refractivity contribution in [3.05, 3.63) is 11.6 Å². The van der Waals surface area contributed by atoms with Gasteiger partial charge in [-0.1, -0.05) is 38.8 Å². The van der Waals surface area contributed by atoms with E-state index in [0.717, 1.165) is 55.3 Å². The highest BCUT2D eigenvalue weighted by atomic mass is 16.5. The lowest BCUT2D eigenvalue weighted by Gasteiger charge is -2.58. The van der Waals surface area contributed by atoms with Crippen LogP contribution in [-0.4, -0.2) is 17.9 Å². The van der Waals surface area contributed by atoms with Gasteiger partial charge in [-0.25, -0.2) is 0 Å². The number of rotatable bonds is 6. The van der Waals surface area contributed by atoms with Crippen LogP contribution in [0.2, 0.25) is 0 Å². The van der Waals surface area contributed by atoms with E-state index in [2.05, 4.69) is 26.8 Å². The van der Waals surface area contributed by atoms with Crippen molar-refractivity contribution in [3.8, 4) is 0 Å². The summed E-state index contributed by atoms with van der Waals surface area (Å²) in [5.74, 6) is 4.24. The van der Waals surface area contributed by atoms with E-state index in [9.17, 15) is 9.59 Å². The van der Waals surface area contributed by atoms with Crippen LogP contribution in [0.1, 0.15) is 105 Å². The third-order valence-corrected chi connectivity index (χ3v) is 10.3. The van der Waals surface area contributed by atoms with Crippen LogP contribution in [0, 0.1) is 40.4 Å². The minimum absolute atomic E-state index is 0.0916. The maximum Gasteiger partial charge on any atom is 0.302 e. The molecule has 0 unspecified atom stereocenters. The van der Waals surface area contributed by atoms with Gasteiger partial charge in [-0.15, -0.1) is 0 Å². The van der Waals surface area contributed by atoms with Crippen molar-refractivity contribution < 1.29 is 14.3 Å². The molecule has 0 aromatic rings. The first-order valence-electron chi connectivity index (χ1n) is 13.0. The van der Waals surface area contributed by atoms with Gasteiger partial charge in [-0.3, -0.25) is 4.79 Å². The van der Waals surface area contributed by atoms with E-state index < -0.39 is 0 Å². The molecule has 8 atom stereocenters. The van der Waals surface area contributed by atoms with E-state index in [0.29, 0.717) is 16.6 Å². The van der Waals surface area contributed by atoms with Gasteiger partial charge in [0.05, 0.1) is 0 Å². The van der Waals surface area contributed by atoms with Crippen LogP contribution >= 0.6 is 0 Å². The number of ketones is 1. The zero-order valence-corrected chi connectivity index (χ0v) is 20.5. The molecule has 0 bridgehead atoms. The third kappa shape index (κ3) is 4.15. The fraction of sp³-hybridized carbons (Fsp3) is 0.857. The summed E-state index contributed by atoms with van der Waals surface area (Å²) in [6, 6.07) is 0. The SMILES string of the molecule is CC(=O)CCC[C@@H](C)[C@@H]1CC[C@H]2[C@H]3CC=C4C[C@@H](OC(C)=O)CC[C@]4(C)[C@@H]3CC[C@@]21C. The van der Waals surface area contributed by atoms with E-state index in [-0.39, 0.29) is 12.1 Å².